The molecular weight excluding hydrogens is 184 g/mol. The molecule has 0 heterocycles. The SMILES string of the molecule is CCC(C)[Si](C(C)C)(C(C)C)C(C)C. The lowest BCUT2D eigenvalue weighted by Gasteiger charge is -2.47. The van der Waals surface area contributed by atoms with Gasteiger partial charge in [-0.3, -0.25) is 0 Å². The topological polar surface area (TPSA) is 0 Å². The minimum atomic E-state index is -1.13. The summed E-state index contributed by atoms with van der Waals surface area (Å²) in [6.07, 6.45) is 1.36. The van der Waals surface area contributed by atoms with Crippen LogP contribution in [0.15, 0.2) is 0 Å². The van der Waals surface area contributed by atoms with Crippen molar-refractivity contribution in [2.75, 3.05) is 0 Å². The van der Waals surface area contributed by atoms with Gasteiger partial charge in [0.2, 0.25) is 0 Å². The third-order valence-electron chi connectivity index (χ3n) is 4.47. The van der Waals surface area contributed by atoms with Gasteiger partial charge in [0.25, 0.3) is 0 Å². The minimum Gasteiger partial charge on any atom is -0.0654 e. The molecule has 0 aliphatic heterocycles. The van der Waals surface area contributed by atoms with Crippen molar-refractivity contribution in [3.63, 3.8) is 0 Å². The molecule has 14 heavy (non-hydrogen) atoms. The van der Waals surface area contributed by atoms with Gasteiger partial charge >= 0.3 is 0 Å². The maximum absolute atomic E-state index is 2.49. The van der Waals surface area contributed by atoms with E-state index in [9.17, 15) is 0 Å². The van der Waals surface area contributed by atoms with E-state index in [1.54, 1.807) is 0 Å². The number of rotatable bonds is 5. The highest BCUT2D eigenvalue weighted by molar-refractivity contribution is 6.84. The lowest BCUT2D eigenvalue weighted by Crippen LogP contribution is -2.47. The molecule has 0 saturated heterocycles. The van der Waals surface area contributed by atoms with Crippen LogP contribution in [0.5, 0.6) is 0 Å². The van der Waals surface area contributed by atoms with Crippen molar-refractivity contribution in [2.24, 2.45) is 0 Å². The van der Waals surface area contributed by atoms with Crippen LogP contribution in [0.1, 0.15) is 61.8 Å². The van der Waals surface area contributed by atoms with E-state index in [2.05, 4.69) is 55.4 Å². The van der Waals surface area contributed by atoms with Gasteiger partial charge in [-0.25, -0.2) is 0 Å². The van der Waals surface area contributed by atoms with Gasteiger partial charge in [-0.1, -0.05) is 78.4 Å². The summed E-state index contributed by atoms with van der Waals surface area (Å²) >= 11 is 0. The van der Waals surface area contributed by atoms with Gasteiger partial charge in [-0.15, -0.1) is 0 Å². The fourth-order valence-electron chi connectivity index (χ4n) is 4.06. The Hall–Kier alpha value is 0.217. The molecule has 0 spiro atoms. The Bertz CT molecular complexity index is 137. The van der Waals surface area contributed by atoms with E-state index >= 15 is 0 Å². The maximum atomic E-state index is 2.49. The van der Waals surface area contributed by atoms with Crippen LogP contribution in [0.4, 0.5) is 0 Å². The molecule has 0 fully saturated rings. The van der Waals surface area contributed by atoms with E-state index in [1.165, 1.54) is 6.42 Å². The first-order valence-electron chi connectivity index (χ1n) is 6.31. The molecule has 0 aromatic heterocycles. The van der Waals surface area contributed by atoms with Crippen molar-refractivity contribution in [1.29, 1.82) is 0 Å². The highest BCUT2D eigenvalue weighted by Gasteiger charge is 2.45. The minimum absolute atomic E-state index is 0.914. The average molecular weight is 214 g/mol. The Morgan fingerprint density at radius 3 is 1.07 bits per heavy atom. The number of hydrogen-bond acceptors (Lipinski definition) is 0. The molecule has 0 amide bonds. The summed E-state index contributed by atoms with van der Waals surface area (Å²) in [7, 11) is -1.13. The summed E-state index contributed by atoms with van der Waals surface area (Å²) in [6, 6.07) is 0. The summed E-state index contributed by atoms with van der Waals surface area (Å²) in [5, 5.41) is 0. The fourth-order valence-corrected chi connectivity index (χ4v) is 12.2. The normalized spacial score (nSPS) is 15.6. The second-order valence-electron chi connectivity index (χ2n) is 5.77. The molecule has 0 bridgehead atoms. The van der Waals surface area contributed by atoms with Crippen LogP contribution in [0.3, 0.4) is 0 Å². The van der Waals surface area contributed by atoms with Crippen LogP contribution in [0.25, 0.3) is 0 Å². The van der Waals surface area contributed by atoms with Gasteiger partial charge in [0, 0.05) is 0 Å². The monoisotopic (exact) mass is 214 g/mol. The molecule has 0 aromatic carbocycles. The Morgan fingerprint density at radius 2 is 1.00 bits per heavy atom. The smallest absolute Gasteiger partial charge is 0.0641 e. The molecule has 86 valence electrons. The van der Waals surface area contributed by atoms with Crippen LogP contribution in [0.2, 0.25) is 22.2 Å². The van der Waals surface area contributed by atoms with Gasteiger partial charge in [-0.2, -0.15) is 0 Å². The molecule has 0 aliphatic carbocycles. The van der Waals surface area contributed by atoms with Crippen LogP contribution >= 0.6 is 0 Å². The van der Waals surface area contributed by atoms with Crippen LogP contribution < -0.4 is 0 Å². The van der Waals surface area contributed by atoms with Crippen molar-refractivity contribution >= 4 is 8.07 Å². The van der Waals surface area contributed by atoms with Gasteiger partial charge in [0.15, 0.2) is 0 Å². The largest absolute Gasteiger partial charge is 0.0654 e. The second-order valence-corrected chi connectivity index (χ2v) is 12.2. The quantitative estimate of drug-likeness (QED) is 0.533. The van der Waals surface area contributed by atoms with E-state index in [0.29, 0.717) is 0 Å². The highest BCUT2D eigenvalue weighted by Crippen LogP contribution is 2.50. The van der Waals surface area contributed by atoms with Gasteiger partial charge in [0.05, 0.1) is 8.07 Å². The molecule has 0 saturated carbocycles. The molecule has 0 aliphatic rings. The Morgan fingerprint density at radius 1 is 0.714 bits per heavy atom. The van der Waals surface area contributed by atoms with Gasteiger partial charge in [-0.05, 0) is 5.54 Å². The standard InChI is InChI=1S/C13H30Si/c1-9-13(8)14(10(2)3,11(4)5)12(6)7/h10-13H,9H2,1-8H3. The Balaban J connectivity index is 5.16. The first kappa shape index (κ1) is 14.2. The van der Waals surface area contributed by atoms with E-state index < -0.39 is 8.07 Å². The van der Waals surface area contributed by atoms with Gasteiger partial charge in [0.1, 0.15) is 0 Å². The van der Waals surface area contributed by atoms with E-state index in [4.69, 9.17) is 0 Å². The third-order valence-corrected chi connectivity index (χ3v) is 12.6. The summed E-state index contributed by atoms with van der Waals surface area (Å²) in [4.78, 5) is 0. The van der Waals surface area contributed by atoms with Crippen LogP contribution in [-0.2, 0) is 0 Å². The lowest BCUT2D eigenvalue weighted by molar-refractivity contribution is 0.708. The first-order chi connectivity index (χ1) is 6.31. The van der Waals surface area contributed by atoms with Crippen LogP contribution in [-0.4, -0.2) is 8.07 Å². The van der Waals surface area contributed by atoms with E-state index in [0.717, 1.165) is 22.2 Å². The Kier molecular flexibility index (Phi) is 5.42. The zero-order valence-electron chi connectivity index (χ0n) is 11.5. The molecule has 1 heteroatoms. The van der Waals surface area contributed by atoms with Crippen molar-refractivity contribution in [3.05, 3.63) is 0 Å². The predicted octanol–water partition coefficient (Wildman–Crippen LogP) is 5.47. The zero-order valence-corrected chi connectivity index (χ0v) is 12.5. The van der Waals surface area contributed by atoms with Gasteiger partial charge < -0.3 is 0 Å². The summed E-state index contributed by atoms with van der Waals surface area (Å²) in [5.41, 5.74) is 3.70. The van der Waals surface area contributed by atoms with E-state index in [1.807, 2.05) is 0 Å². The maximum Gasteiger partial charge on any atom is 0.0641 e. The highest BCUT2D eigenvalue weighted by atomic mass is 28.3. The number of hydrogen-bond donors (Lipinski definition) is 0. The van der Waals surface area contributed by atoms with Crippen LogP contribution in [0, 0.1) is 0 Å². The van der Waals surface area contributed by atoms with E-state index in [-0.39, 0.29) is 0 Å². The van der Waals surface area contributed by atoms with Crippen molar-refractivity contribution in [2.45, 2.75) is 84.0 Å². The Labute approximate surface area is 92.5 Å². The summed E-state index contributed by atoms with van der Waals surface area (Å²) in [6.45, 7) is 19.6. The molecule has 1 unspecified atom stereocenters. The van der Waals surface area contributed by atoms with Crippen molar-refractivity contribution < 1.29 is 0 Å². The average Bonchev–Trinajstić information content (AvgIpc) is 2.02. The molecule has 0 rings (SSSR count). The molecule has 0 nitrogen and oxygen atoms in total. The molecular formula is C13H30Si. The van der Waals surface area contributed by atoms with Crippen molar-refractivity contribution in [3.8, 4) is 0 Å². The molecule has 0 N–H and O–H groups in total. The zero-order chi connectivity index (χ0) is 11.5. The second kappa shape index (κ2) is 5.34. The fraction of sp³-hybridized carbons (Fsp3) is 1.00. The first-order valence-corrected chi connectivity index (χ1v) is 8.62. The summed E-state index contributed by atoms with van der Waals surface area (Å²) in [5.74, 6) is 0. The third kappa shape index (κ3) is 2.24. The molecule has 0 aromatic rings. The molecule has 0 radical (unpaired) electrons. The summed E-state index contributed by atoms with van der Waals surface area (Å²) < 4.78 is 0. The predicted molar refractivity (Wildman–Crippen MR) is 70.8 cm³/mol. The van der Waals surface area contributed by atoms with Crippen molar-refractivity contribution in [1.82, 2.24) is 0 Å². The lowest BCUT2D eigenvalue weighted by atomic mass is 10.4. The molecule has 1 atom stereocenters.